The van der Waals surface area contributed by atoms with Crippen LogP contribution in [0.25, 0.3) is 0 Å². The van der Waals surface area contributed by atoms with Crippen LogP contribution in [-0.2, 0) is 0 Å². The van der Waals surface area contributed by atoms with Crippen molar-refractivity contribution in [2.24, 2.45) is 5.41 Å². The van der Waals surface area contributed by atoms with Crippen molar-refractivity contribution in [3.63, 3.8) is 0 Å². The minimum absolute atomic E-state index is 0.0441. The third-order valence-electron chi connectivity index (χ3n) is 3.32. The van der Waals surface area contributed by atoms with Gasteiger partial charge in [-0.15, -0.1) is 0 Å². The standard InChI is InChI=1S/C13H19N3O2/c1-13(2)6-3-7-16(8-13)11-9(14)4-5-10(15-11)12(17)18/h4-5H,3,6-8,14H2,1-2H3,(H,17,18). The highest BCUT2D eigenvalue weighted by Gasteiger charge is 2.28. The van der Waals surface area contributed by atoms with Gasteiger partial charge in [0.25, 0.3) is 0 Å². The van der Waals surface area contributed by atoms with Crippen LogP contribution >= 0.6 is 0 Å². The van der Waals surface area contributed by atoms with Gasteiger partial charge in [0.15, 0.2) is 11.5 Å². The number of hydrogen-bond acceptors (Lipinski definition) is 4. The van der Waals surface area contributed by atoms with E-state index in [1.807, 2.05) is 0 Å². The van der Waals surface area contributed by atoms with Crippen LogP contribution in [0.1, 0.15) is 37.2 Å². The molecule has 1 aromatic rings. The molecule has 1 fully saturated rings. The normalized spacial score (nSPS) is 18.7. The smallest absolute Gasteiger partial charge is 0.354 e. The van der Waals surface area contributed by atoms with Gasteiger partial charge in [0.1, 0.15) is 0 Å². The molecule has 1 aliphatic rings. The van der Waals surface area contributed by atoms with Gasteiger partial charge in [0.05, 0.1) is 5.69 Å². The number of anilines is 2. The first-order valence-corrected chi connectivity index (χ1v) is 6.14. The Morgan fingerprint density at radius 2 is 2.22 bits per heavy atom. The van der Waals surface area contributed by atoms with E-state index in [-0.39, 0.29) is 11.1 Å². The Kier molecular flexibility index (Phi) is 3.15. The summed E-state index contributed by atoms with van der Waals surface area (Å²) in [4.78, 5) is 17.2. The molecule has 2 rings (SSSR count). The lowest BCUT2D eigenvalue weighted by atomic mass is 9.84. The van der Waals surface area contributed by atoms with Crippen molar-refractivity contribution < 1.29 is 9.90 Å². The summed E-state index contributed by atoms with van der Waals surface area (Å²) >= 11 is 0. The van der Waals surface area contributed by atoms with Gasteiger partial charge in [-0.1, -0.05) is 13.8 Å². The Morgan fingerprint density at radius 3 is 2.83 bits per heavy atom. The van der Waals surface area contributed by atoms with E-state index in [1.54, 1.807) is 6.07 Å². The monoisotopic (exact) mass is 249 g/mol. The zero-order valence-corrected chi connectivity index (χ0v) is 10.8. The number of piperidine rings is 1. The summed E-state index contributed by atoms with van der Waals surface area (Å²) in [6, 6.07) is 3.06. The summed E-state index contributed by atoms with van der Waals surface area (Å²) in [5.74, 6) is -0.421. The molecule has 0 saturated carbocycles. The Hall–Kier alpha value is -1.78. The van der Waals surface area contributed by atoms with Gasteiger partial charge < -0.3 is 15.7 Å². The lowest BCUT2D eigenvalue weighted by molar-refractivity contribution is 0.0690. The predicted molar refractivity (Wildman–Crippen MR) is 70.8 cm³/mol. The molecule has 1 aliphatic heterocycles. The molecule has 0 spiro atoms. The molecular formula is C13H19N3O2. The molecule has 1 aromatic heterocycles. The van der Waals surface area contributed by atoms with Crippen molar-refractivity contribution in [1.82, 2.24) is 4.98 Å². The fourth-order valence-electron chi connectivity index (χ4n) is 2.44. The first-order chi connectivity index (χ1) is 8.39. The number of aromatic carboxylic acids is 1. The summed E-state index contributed by atoms with van der Waals surface area (Å²) < 4.78 is 0. The van der Waals surface area contributed by atoms with Gasteiger partial charge in [-0.2, -0.15) is 0 Å². The maximum atomic E-state index is 11.0. The topological polar surface area (TPSA) is 79.5 Å². The van der Waals surface area contributed by atoms with E-state index < -0.39 is 5.97 Å². The number of nitrogens with two attached hydrogens (primary N) is 1. The van der Waals surface area contributed by atoms with Crippen molar-refractivity contribution >= 4 is 17.5 Å². The summed E-state index contributed by atoms with van der Waals surface area (Å²) in [7, 11) is 0. The Balaban J connectivity index is 2.32. The molecule has 98 valence electrons. The van der Waals surface area contributed by atoms with E-state index in [1.165, 1.54) is 12.5 Å². The Bertz CT molecular complexity index is 471. The van der Waals surface area contributed by atoms with E-state index in [0.717, 1.165) is 19.5 Å². The molecule has 0 aliphatic carbocycles. The zero-order valence-electron chi connectivity index (χ0n) is 10.8. The van der Waals surface area contributed by atoms with Crippen LogP contribution in [-0.4, -0.2) is 29.1 Å². The SMILES string of the molecule is CC1(C)CCCN(c2nc(C(=O)O)ccc2N)C1. The van der Waals surface area contributed by atoms with Crippen molar-refractivity contribution in [1.29, 1.82) is 0 Å². The summed E-state index contributed by atoms with van der Waals surface area (Å²) in [6.07, 6.45) is 2.24. The number of carboxylic acid groups (broad SMARTS) is 1. The van der Waals surface area contributed by atoms with Gasteiger partial charge in [0.2, 0.25) is 0 Å². The van der Waals surface area contributed by atoms with E-state index in [4.69, 9.17) is 10.8 Å². The van der Waals surface area contributed by atoms with Crippen molar-refractivity contribution in [2.45, 2.75) is 26.7 Å². The minimum Gasteiger partial charge on any atom is -0.477 e. The van der Waals surface area contributed by atoms with E-state index in [9.17, 15) is 4.79 Å². The highest BCUT2D eigenvalue weighted by Crippen LogP contribution is 2.32. The quantitative estimate of drug-likeness (QED) is 0.838. The maximum absolute atomic E-state index is 11.0. The van der Waals surface area contributed by atoms with Crippen LogP contribution in [0.5, 0.6) is 0 Å². The fraction of sp³-hybridized carbons (Fsp3) is 0.538. The second-order valence-electron chi connectivity index (χ2n) is 5.60. The van der Waals surface area contributed by atoms with Crippen LogP contribution in [0.4, 0.5) is 11.5 Å². The predicted octanol–water partition coefficient (Wildman–Crippen LogP) is 1.99. The van der Waals surface area contributed by atoms with Crippen LogP contribution < -0.4 is 10.6 Å². The fourth-order valence-corrected chi connectivity index (χ4v) is 2.44. The van der Waals surface area contributed by atoms with Crippen LogP contribution in [0.3, 0.4) is 0 Å². The third-order valence-corrected chi connectivity index (χ3v) is 3.32. The molecule has 1 saturated heterocycles. The number of pyridine rings is 1. The molecule has 0 amide bonds. The Morgan fingerprint density at radius 1 is 1.50 bits per heavy atom. The second-order valence-corrected chi connectivity index (χ2v) is 5.60. The molecule has 5 heteroatoms. The molecule has 0 aromatic carbocycles. The lowest BCUT2D eigenvalue weighted by Crippen LogP contribution is -2.41. The van der Waals surface area contributed by atoms with Gasteiger partial charge >= 0.3 is 5.97 Å². The molecule has 0 bridgehead atoms. The molecule has 5 nitrogen and oxygen atoms in total. The van der Waals surface area contributed by atoms with Gasteiger partial charge in [-0.3, -0.25) is 0 Å². The van der Waals surface area contributed by atoms with Crippen molar-refractivity contribution in [2.75, 3.05) is 23.7 Å². The number of carboxylic acids is 1. The number of rotatable bonds is 2. The number of carbonyl (C=O) groups is 1. The minimum atomic E-state index is -1.02. The maximum Gasteiger partial charge on any atom is 0.354 e. The highest BCUT2D eigenvalue weighted by atomic mass is 16.4. The number of aromatic nitrogens is 1. The van der Waals surface area contributed by atoms with Gasteiger partial charge in [-0.25, -0.2) is 9.78 Å². The average Bonchev–Trinajstić information content (AvgIpc) is 2.27. The number of nitrogens with zero attached hydrogens (tertiary/aromatic N) is 2. The number of nitrogen functional groups attached to an aromatic ring is 1. The molecule has 3 N–H and O–H groups in total. The van der Waals surface area contributed by atoms with Crippen LogP contribution in [0.15, 0.2) is 12.1 Å². The van der Waals surface area contributed by atoms with Crippen LogP contribution in [0, 0.1) is 5.41 Å². The molecule has 0 radical (unpaired) electrons. The molecule has 0 atom stereocenters. The molecule has 18 heavy (non-hydrogen) atoms. The largest absolute Gasteiger partial charge is 0.477 e. The van der Waals surface area contributed by atoms with Crippen molar-refractivity contribution in [3.8, 4) is 0 Å². The van der Waals surface area contributed by atoms with Gasteiger partial charge in [0, 0.05) is 13.1 Å². The zero-order chi connectivity index (χ0) is 13.3. The van der Waals surface area contributed by atoms with Crippen LogP contribution in [0.2, 0.25) is 0 Å². The van der Waals surface area contributed by atoms with Crippen molar-refractivity contribution in [3.05, 3.63) is 17.8 Å². The highest BCUT2D eigenvalue weighted by molar-refractivity contribution is 5.87. The third kappa shape index (κ3) is 2.55. The lowest BCUT2D eigenvalue weighted by Gasteiger charge is -2.39. The Labute approximate surface area is 107 Å². The summed E-state index contributed by atoms with van der Waals surface area (Å²) in [6.45, 7) is 6.14. The number of hydrogen-bond donors (Lipinski definition) is 2. The van der Waals surface area contributed by atoms with Gasteiger partial charge in [-0.05, 0) is 30.4 Å². The van der Waals surface area contributed by atoms with E-state index in [2.05, 4.69) is 23.7 Å². The molecular weight excluding hydrogens is 230 g/mol. The summed E-state index contributed by atoms with van der Waals surface area (Å²) in [5, 5.41) is 8.98. The second kappa shape index (κ2) is 4.48. The summed E-state index contributed by atoms with van der Waals surface area (Å²) in [5.41, 5.74) is 6.71. The first-order valence-electron chi connectivity index (χ1n) is 6.14. The average molecular weight is 249 g/mol. The molecule has 2 heterocycles. The van der Waals surface area contributed by atoms with E-state index >= 15 is 0 Å². The molecule has 0 unspecified atom stereocenters. The first kappa shape index (κ1) is 12.7. The van der Waals surface area contributed by atoms with E-state index in [0.29, 0.717) is 11.5 Å².